The van der Waals surface area contributed by atoms with E-state index in [4.69, 9.17) is 11.6 Å². The Bertz CT molecular complexity index is 1460. The number of hydrogen-bond donors (Lipinski definition) is 0. The molecule has 3 unspecified atom stereocenters. The van der Waals surface area contributed by atoms with Gasteiger partial charge in [-0.25, -0.2) is 0 Å². The van der Waals surface area contributed by atoms with Crippen LogP contribution in [0.2, 0.25) is 5.02 Å². The molecule has 4 aromatic carbocycles. The van der Waals surface area contributed by atoms with Crippen LogP contribution in [-0.4, -0.2) is 11.0 Å². The Labute approximate surface area is 233 Å². The highest BCUT2D eigenvalue weighted by atomic mass is 35.5. The monoisotopic (exact) mass is 557 g/mol. The zero-order valence-electron chi connectivity index (χ0n) is 20.4. The quantitative estimate of drug-likeness (QED) is 0.128. The number of allylic oxidation sites excluding steroid dienone is 3. The predicted octanol–water partition coefficient (Wildman–Crippen LogP) is 9.15. The average Bonchev–Trinajstić information content (AvgIpc) is 2.92. The molecule has 0 aromatic heterocycles. The zero-order chi connectivity index (χ0) is 25.8. The molecule has 0 amide bonds. The van der Waals surface area contributed by atoms with Crippen LogP contribution in [0.4, 0.5) is 0 Å². The normalized spacial score (nSPS) is 15.8. The Morgan fingerprint density at radius 1 is 0.892 bits per heavy atom. The topological polar surface area (TPSA) is 17.1 Å². The molecule has 0 aliphatic heterocycles. The van der Waals surface area contributed by atoms with Gasteiger partial charge in [0.1, 0.15) is 0 Å². The number of rotatable bonds is 7. The van der Waals surface area contributed by atoms with Gasteiger partial charge < -0.3 is 0 Å². The first kappa shape index (κ1) is 26.1. The Kier molecular flexibility index (Phi) is 8.37. The smallest absolute Gasteiger partial charge is 0.193 e. The summed E-state index contributed by atoms with van der Waals surface area (Å²) in [6, 6.07) is 32.7. The number of carbonyl (C=O) groups is 1. The highest BCUT2D eigenvalue weighted by Crippen LogP contribution is 2.37. The molecule has 0 fully saturated rings. The van der Waals surface area contributed by atoms with Crippen LogP contribution in [0, 0.1) is 6.92 Å². The number of halogens is 1. The first-order chi connectivity index (χ1) is 18.0. The molecule has 0 heterocycles. The van der Waals surface area contributed by atoms with Crippen molar-refractivity contribution in [2.45, 2.75) is 38.2 Å². The molecule has 0 radical (unpaired) electrons. The van der Waals surface area contributed by atoms with E-state index < -0.39 is 0 Å². The van der Waals surface area contributed by atoms with Crippen LogP contribution in [0.1, 0.15) is 27.9 Å². The van der Waals surface area contributed by atoms with Crippen molar-refractivity contribution < 1.29 is 4.79 Å². The van der Waals surface area contributed by atoms with Crippen molar-refractivity contribution in [3.05, 3.63) is 142 Å². The molecule has 5 heteroatoms. The van der Waals surface area contributed by atoms with Crippen LogP contribution in [0.15, 0.2) is 140 Å². The minimum absolute atomic E-state index is 0.0215. The maximum atomic E-state index is 12.8. The van der Waals surface area contributed by atoms with Gasteiger partial charge in [-0.3, -0.25) is 4.79 Å². The second-order valence-corrected chi connectivity index (χ2v) is 13.3. The second kappa shape index (κ2) is 11.9. The van der Waals surface area contributed by atoms with Gasteiger partial charge in [-0.2, -0.15) is 0 Å². The Morgan fingerprint density at radius 2 is 1.57 bits per heavy atom. The van der Waals surface area contributed by atoms with E-state index in [0.717, 1.165) is 16.2 Å². The fourth-order valence-electron chi connectivity index (χ4n) is 4.27. The minimum Gasteiger partial charge on any atom is -0.289 e. The number of aryl methyl sites for hydroxylation is 1. The lowest BCUT2D eigenvalue weighted by Gasteiger charge is -2.18. The summed E-state index contributed by atoms with van der Waals surface area (Å²) in [5.74, 6) is -0.0215. The second-order valence-electron chi connectivity index (χ2n) is 8.91. The van der Waals surface area contributed by atoms with Crippen molar-refractivity contribution in [2.24, 2.45) is 0 Å². The van der Waals surface area contributed by atoms with Crippen LogP contribution in [0.25, 0.3) is 0 Å². The fraction of sp³-hybridized carbons (Fsp3) is 0.0938. The molecule has 5 rings (SSSR count). The van der Waals surface area contributed by atoms with Crippen molar-refractivity contribution in [1.82, 2.24) is 0 Å². The summed E-state index contributed by atoms with van der Waals surface area (Å²) in [6.07, 6.45) is 7.88. The maximum absolute atomic E-state index is 12.8. The van der Waals surface area contributed by atoms with Gasteiger partial charge in [0, 0.05) is 27.3 Å². The SMILES string of the molecule is Cc1ccc([S+](c2ccc(Sc3ccc(C(=O)c4ccccc4)cc3Cl)cc2)C2C=C(P)C=CC2)cc1. The van der Waals surface area contributed by atoms with E-state index in [-0.39, 0.29) is 16.7 Å². The average molecular weight is 558 g/mol. The first-order valence-electron chi connectivity index (χ1n) is 12.1. The molecule has 184 valence electrons. The Hall–Kier alpha value is -2.55. The summed E-state index contributed by atoms with van der Waals surface area (Å²) in [5.41, 5.74) is 2.54. The summed E-state index contributed by atoms with van der Waals surface area (Å²) in [7, 11) is 2.78. The van der Waals surface area contributed by atoms with E-state index in [2.05, 4.69) is 82.9 Å². The summed E-state index contributed by atoms with van der Waals surface area (Å²) in [4.78, 5) is 17.5. The van der Waals surface area contributed by atoms with Crippen LogP contribution in [0.5, 0.6) is 0 Å². The molecule has 0 N–H and O–H groups in total. The van der Waals surface area contributed by atoms with Crippen LogP contribution in [-0.2, 0) is 10.9 Å². The Morgan fingerprint density at radius 3 is 2.22 bits per heavy atom. The van der Waals surface area contributed by atoms with Crippen LogP contribution < -0.4 is 0 Å². The molecule has 0 spiro atoms. The molecule has 0 bridgehead atoms. The standard InChI is InChI=1S/C32H27ClOPS2/c1-22-10-15-27(16-11-22)37(29-9-5-8-25(35)21-29)28-17-13-26(14-18-28)36-31-19-12-24(20-30(31)33)32(34)23-6-3-2-4-7-23/h2-8,10-21,29H,9,35H2,1H3/q+1. The highest BCUT2D eigenvalue weighted by molar-refractivity contribution is 7.99. The molecule has 1 aliphatic carbocycles. The number of carbonyl (C=O) groups excluding carboxylic acids is 1. The van der Waals surface area contributed by atoms with Crippen molar-refractivity contribution in [3.8, 4) is 0 Å². The van der Waals surface area contributed by atoms with Gasteiger partial charge in [-0.15, -0.1) is 9.24 Å². The van der Waals surface area contributed by atoms with Gasteiger partial charge in [0.05, 0.1) is 15.9 Å². The van der Waals surface area contributed by atoms with Crippen LogP contribution in [0.3, 0.4) is 0 Å². The molecule has 1 nitrogen and oxygen atoms in total. The molecular formula is C32H27ClOPS2+. The van der Waals surface area contributed by atoms with Gasteiger partial charge >= 0.3 is 0 Å². The number of ketones is 1. The maximum Gasteiger partial charge on any atom is 0.193 e. The van der Waals surface area contributed by atoms with Gasteiger partial charge in [0.25, 0.3) is 0 Å². The van der Waals surface area contributed by atoms with Crippen LogP contribution >= 0.6 is 32.6 Å². The largest absolute Gasteiger partial charge is 0.289 e. The molecule has 3 atom stereocenters. The molecule has 0 saturated heterocycles. The third-order valence-corrected chi connectivity index (χ3v) is 10.6. The van der Waals surface area contributed by atoms with Crippen molar-refractivity contribution >= 4 is 49.3 Å². The summed E-state index contributed by atoms with van der Waals surface area (Å²) < 4.78 is 0. The van der Waals surface area contributed by atoms with E-state index in [1.54, 1.807) is 17.8 Å². The molecule has 1 aliphatic rings. The third-order valence-electron chi connectivity index (χ3n) is 6.17. The number of benzene rings is 4. The van der Waals surface area contributed by atoms with E-state index in [0.29, 0.717) is 21.4 Å². The van der Waals surface area contributed by atoms with Gasteiger partial charge in [0.15, 0.2) is 20.8 Å². The van der Waals surface area contributed by atoms with Crippen molar-refractivity contribution in [3.63, 3.8) is 0 Å². The molecular weight excluding hydrogens is 531 g/mol. The summed E-state index contributed by atoms with van der Waals surface area (Å²) in [5, 5.41) is 2.27. The predicted molar refractivity (Wildman–Crippen MR) is 162 cm³/mol. The zero-order valence-corrected chi connectivity index (χ0v) is 24.0. The lowest BCUT2D eigenvalue weighted by Crippen LogP contribution is -2.21. The van der Waals surface area contributed by atoms with E-state index in [1.165, 1.54) is 20.7 Å². The van der Waals surface area contributed by atoms with E-state index in [9.17, 15) is 4.79 Å². The summed E-state index contributed by atoms with van der Waals surface area (Å²) in [6.45, 7) is 2.13. The van der Waals surface area contributed by atoms with Gasteiger partial charge in [-0.05, 0) is 72.9 Å². The van der Waals surface area contributed by atoms with Crippen molar-refractivity contribution in [1.29, 1.82) is 0 Å². The molecule has 37 heavy (non-hydrogen) atoms. The van der Waals surface area contributed by atoms with Gasteiger partial charge in [-0.1, -0.05) is 83.5 Å². The highest BCUT2D eigenvalue weighted by Gasteiger charge is 2.34. The van der Waals surface area contributed by atoms with E-state index >= 15 is 0 Å². The lowest BCUT2D eigenvalue weighted by molar-refractivity contribution is 0.103. The third kappa shape index (κ3) is 6.30. The molecule has 0 saturated carbocycles. The number of hydrogen-bond acceptors (Lipinski definition) is 2. The van der Waals surface area contributed by atoms with Gasteiger partial charge in [0.2, 0.25) is 0 Å². The molecule has 4 aromatic rings. The first-order valence-corrected chi connectivity index (χ1v) is 15.1. The van der Waals surface area contributed by atoms with Crippen molar-refractivity contribution in [2.75, 3.05) is 0 Å². The summed E-state index contributed by atoms with van der Waals surface area (Å²) >= 11 is 8.23. The Balaban J connectivity index is 1.37. The van der Waals surface area contributed by atoms with E-state index in [1.807, 2.05) is 42.5 Å². The lowest BCUT2D eigenvalue weighted by atomic mass is 10.0. The minimum atomic E-state index is -0.0662. The fourth-order valence-corrected chi connectivity index (χ4v) is 8.32.